The van der Waals surface area contributed by atoms with E-state index >= 15 is 0 Å². The lowest BCUT2D eigenvalue weighted by Crippen LogP contribution is -2.45. The Labute approximate surface area is 227 Å². The number of carbonyl (C=O) groups is 2. The van der Waals surface area contributed by atoms with Crippen molar-refractivity contribution in [3.05, 3.63) is 70.9 Å². The van der Waals surface area contributed by atoms with Crippen molar-refractivity contribution in [2.45, 2.75) is 32.1 Å². The van der Waals surface area contributed by atoms with Crippen molar-refractivity contribution in [2.75, 3.05) is 39.5 Å². The SMILES string of the molecule is O=C1NCCOCCCCC2(CCN(C(=O)c3conc3-c3ccc(Cl)cc3)CC2)COc2ccccc21. The number of likely N-dealkylation sites (tertiary alicyclic amines) is 1. The van der Waals surface area contributed by atoms with Crippen molar-refractivity contribution < 1.29 is 23.6 Å². The number of piperidine rings is 1. The van der Waals surface area contributed by atoms with Crippen LogP contribution in [0.5, 0.6) is 5.75 Å². The minimum atomic E-state index is -0.166. The number of aromatic nitrogens is 1. The molecule has 2 aliphatic heterocycles. The van der Waals surface area contributed by atoms with Gasteiger partial charge in [-0.3, -0.25) is 9.59 Å². The lowest BCUT2D eigenvalue weighted by Gasteiger charge is -2.42. The van der Waals surface area contributed by atoms with Crippen LogP contribution in [-0.4, -0.2) is 61.3 Å². The largest absolute Gasteiger partial charge is 0.492 e. The topological polar surface area (TPSA) is 93.9 Å². The lowest BCUT2D eigenvalue weighted by molar-refractivity contribution is 0.0341. The van der Waals surface area contributed by atoms with Crippen LogP contribution in [0.4, 0.5) is 0 Å². The number of ether oxygens (including phenoxy) is 2. The Morgan fingerprint density at radius 2 is 1.79 bits per heavy atom. The van der Waals surface area contributed by atoms with E-state index in [0.717, 1.165) is 37.7 Å². The normalized spacial score (nSPS) is 18.7. The van der Waals surface area contributed by atoms with Gasteiger partial charge >= 0.3 is 0 Å². The molecule has 1 aromatic heterocycles. The number of fused-ring (bicyclic) bond motifs is 1. The average Bonchev–Trinajstić information content (AvgIpc) is 3.43. The molecule has 5 rings (SSSR count). The van der Waals surface area contributed by atoms with Crippen molar-refractivity contribution >= 4 is 23.4 Å². The van der Waals surface area contributed by atoms with Crippen molar-refractivity contribution in [3.63, 3.8) is 0 Å². The van der Waals surface area contributed by atoms with Gasteiger partial charge in [0.2, 0.25) is 0 Å². The molecule has 2 amide bonds. The highest BCUT2D eigenvalue weighted by Crippen LogP contribution is 2.39. The van der Waals surface area contributed by atoms with Gasteiger partial charge in [-0.2, -0.15) is 0 Å². The third-order valence-electron chi connectivity index (χ3n) is 7.47. The number of nitrogens with zero attached hydrogens (tertiary/aromatic N) is 2. The van der Waals surface area contributed by atoms with Crippen molar-refractivity contribution in [3.8, 4) is 17.0 Å². The molecule has 1 fully saturated rings. The van der Waals surface area contributed by atoms with Crippen LogP contribution in [0.2, 0.25) is 5.02 Å². The quantitative estimate of drug-likeness (QED) is 0.481. The Bertz CT molecular complexity index is 1250. The lowest BCUT2D eigenvalue weighted by atomic mass is 9.75. The molecule has 0 bridgehead atoms. The molecule has 0 radical (unpaired) electrons. The molecule has 2 aliphatic rings. The smallest absolute Gasteiger partial charge is 0.259 e. The van der Waals surface area contributed by atoms with Crippen LogP contribution in [-0.2, 0) is 4.74 Å². The van der Waals surface area contributed by atoms with Gasteiger partial charge in [-0.25, -0.2) is 0 Å². The predicted molar refractivity (Wildman–Crippen MR) is 143 cm³/mol. The summed E-state index contributed by atoms with van der Waals surface area (Å²) in [5, 5.41) is 7.61. The van der Waals surface area contributed by atoms with Crippen LogP contribution in [0.1, 0.15) is 52.8 Å². The van der Waals surface area contributed by atoms with Crippen molar-refractivity contribution in [1.29, 1.82) is 0 Å². The van der Waals surface area contributed by atoms with Crippen molar-refractivity contribution in [2.24, 2.45) is 5.41 Å². The van der Waals surface area contributed by atoms with Crippen LogP contribution < -0.4 is 10.1 Å². The summed E-state index contributed by atoms with van der Waals surface area (Å²) in [4.78, 5) is 28.1. The van der Waals surface area contributed by atoms with Gasteiger partial charge < -0.3 is 24.2 Å². The second kappa shape index (κ2) is 12.0. The highest BCUT2D eigenvalue weighted by molar-refractivity contribution is 6.30. The maximum atomic E-state index is 13.5. The number of carbonyl (C=O) groups excluding carboxylic acids is 2. The fourth-order valence-electron chi connectivity index (χ4n) is 5.17. The molecule has 0 atom stereocenters. The molecule has 2 aromatic carbocycles. The van der Waals surface area contributed by atoms with E-state index in [1.54, 1.807) is 18.2 Å². The first-order valence-electron chi connectivity index (χ1n) is 13.1. The van der Waals surface area contributed by atoms with Crippen molar-refractivity contribution in [1.82, 2.24) is 15.4 Å². The Kier molecular flexibility index (Phi) is 8.29. The van der Waals surface area contributed by atoms with Gasteiger partial charge in [-0.05, 0) is 49.9 Å². The highest BCUT2D eigenvalue weighted by atomic mass is 35.5. The predicted octanol–water partition coefficient (Wildman–Crippen LogP) is 5.23. The number of hydrogen-bond donors (Lipinski definition) is 1. The maximum absolute atomic E-state index is 13.5. The van der Waals surface area contributed by atoms with E-state index in [1.807, 2.05) is 35.2 Å². The zero-order valence-electron chi connectivity index (χ0n) is 21.3. The molecule has 3 heterocycles. The highest BCUT2D eigenvalue weighted by Gasteiger charge is 2.37. The third-order valence-corrected chi connectivity index (χ3v) is 7.72. The monoisotopic (exact) mass is 537 g/mol. The standard InChI is InChI=1S/C29H32ClN3O5/c30-22-9-7-21(8-10-22)26-24(19-38-32-26)28(35)33-15-12-29(13-16-33)11-3-4-17-36-18-14-31-27(34)23-5-1-2-6-25(23)37-20-29/h1-2,5-10,19H,3-4,11-18,20H2,(H,31,34). The fraction of sp³-hybridized carbons (Fsp3) is 0.414. The van der Waals surface area contributed by atoms with E-state index < -0.39 is 0 Å². The molecule has 38 heavy (non-hydrogen) atoms. The average molecular weight is 538 g/mol. The van der Waals surface area contributed by atoms with Gasteiger partial charge in [0, 0.05) is 42.2 Å². The molecule has 200 valence electrons. The van der Waals surface area contributed by atoms with Gasteiger partial charge in [0.15, 0.2) is 0 Å². The fourth-order valence-corrected chi connectivity index (χ4v) is 5.30. The van der Waals surface area contributed by atoms with E-state index in [4.69, 9.17) is 25.6 Å². The minimum absolute atomic E-state index is 0.0942. The Morgan fingerprint density at radius 1 is 1.00 bits per heavy atom. The first-order chi connectivity index (χ1) is 18.5. The third kappa shape index (κ3) is 6.03. The summed E-state index contributed by atoms with van der Waals surface area (Å²) in [5.41, 5.74) is 2.17. The van der Waals surface area contributed by atoms with E-state index in [1.165, 1.54) is 6.26 Å². The van der Waals surface area contributed by atoms with E-state index in [-0.39, 0.29) is 17.2 Å². The van der Waals surface area contributed by atoms with Gasteiger partial charge in [-0.15, -0.1) is 0 Å². The summed E-state index contributed by atoms with van der Waals surface area (Å²) in [5.74, 6) is 0.321. The summed E-state index contributed by atoms with van der Waals surface area (Å²) in [6, 6.07) is 14.5. The van der Waals surface area contributed by atoms with Crippen LogP contribution in [0.15, 0.2) is 59.3 Å². The molecule has 1 spiro atoms. The molecule has 1 saturated heterocycles. The molecule has 3 aromatic rings. The second-order valence-electron chi connectivity index (χ2n) is 9.99. The molecule has 9 heteroatoms. The molecule has 8 nitrogen and oxygen atoms in total. The summed E-state index contributed by atoms with van der Waals surface area (Å²) < 4.78 is 17.2. The van der Waals surface area contributed by atoms with Crippen LogP contribution in [0, 0.1) is 5.41 Å². The zero-order valence-corrected chi connectivity index (χ0v) is 22.0. The van der Waals surface area contributed by atoms with E-state index in [2.05, 4.69) is 10.5 Å². The molecular formula is C29H32ClN3O5. The first-order valence-corrected chi connectivity index (χ1v) is 13.5. The van der Waals surface area contributed by atoms with Gasteiger partial charge in [-0.1, -0.05) is 47.4 Å². The Hall–Kier alpha value is -3.36. The summed E-state index contributed by atoms with van der Waals surface area (Å²) >= 11 is 6.02. The number of benzene rings is 2. The Morgan fingerprint density at radius 3 is 2.61 bits per heavy atom. The number of halogens is 1. The van der Waals surface area contributed by atoms with Gasteiger partial charge in [0.25, 0.3) is 11.8 Å². The molecular weight excluding hydrogens is 506 g/mol. The molecule has 1 N–H and O–H groups in total. The minimum Gasteiger partial charge on any atom is -0.492 e. The van der Waals surface area contributed by atoms with E-state index in [9.17, 15) is 9.59 Å². The number of para-hydroxylation sites is 1. The Balaban J connectivity index is 1.30. The van der Waals surface area contributed by atoms with Crippen LogP contribution in [0.25, 0.3) is 11.3 Å². The molecule has 0 unspecified atom stereocenters. The summed E-state index contributed by atoms with van der Waals surface area (Å²) in [6.45, 7) is 3.31. The second-order valence-corrected chi connectivity index (χ2v) is 10.4. The van der Waals surface area contributed by atoms with Gasteiger partial charge in [0.1, 0.15) is 23.3 Å². The maximum Gasteiger partial charge on any atom is 0.259 e. The summed E-state index contributed by atoms with van der Waals surface area (Å²) in [6.07, 6.45) is 5.95. The molecule has 0 aliphatic carbocycles. The van der Waals surface area contributed by atoms with Crippen LogP contribution in [0.3, 0.4) is 0 Å². The number of amides is 2. The van der Waals surface area contributed by atoms with E-state index in [0.29, 0.717) is 67.0 Å². The summed E-state index contributed by atoms with van der Waals surface area (Å²) in [7, 11) is 0. The number of rotatable bonds is 2. The van der Waals surface area contributed by atoms with Gasteiger partial charge in [0.05, 0.1) is 18.8 Å². The van der Waals surface area contributed by atoms with Crippen LogP contribution >= 0.6 is 11.6 Å². The number of nitrogens with one attached hydrogen (secondary N) is 1. The first kappa shape index (κ1) is 26.3. The zero-order chi connectivity index (χ0) is 26.4. The number of hydrogen-bond acceptors (Lipinski definition) is 6. The molecule has 0 saturated carbocycles.